The number of halogens is 3. The van der Waals surface area contributed by atoms with Crippen LogP contribution in [0.1, 0.15) is 39.6 Å². The molecule has 1 aromatic carbocycles. The van der Waals surface area contributed by atoms with Crippen LogP contribution in [-0.2, 0) is 6.18 Å². The Kier molecular flexibility index (Phi) is 7.40. The molecule has 3 aromatic rings. The molecular weight excluding hydrogens is 561 g/mol. The van der Waals surface area contributed by atoms with Gasteiger partial charge in [0.05, 0.1) is 17.2 Å². The second kappa shape index (κ2) is 10.8. The molecule has 1 saturated heterocycles. The van der Waals surface area contributed by atoms with E-state index in [9.17, 15) is 23.1 Å². The topological polar surface area (TPSA) is 93.6 Å². The smallest absolute Gasteiger partial charge is 0.395 e. The number of thiophene rings is 1. The Hall–Kier alpha value is -2.87. The molecule has 1 amide bonds. The number of fused-ring (bicyclic) bond motifs is 1. The molecule has 1 unspecified atom stereocenters. The van der Waals surface area contributed by atoms with E-state index < -0.39 is 11.7 Å². The SMILES string of the molecule is CN1CCSc2cc(-c3nc(Nc4ccc(N5CCNC(CO)C5)cc4C4CC4)ncc3C(F)(F)F)sc2C1=O. The van der Waals surface area contributed by atoms with Crippen LogP contribution in [0.25, 0.3) is 10.6 Å². The van der Waals surface area contributed by atoms with E-state index in [4.69, 9.17) is 0 Å². The zero-order valence-corrected chi connectivity index (χ0v) is 23.4. The number of rotatable bonds is 6. The van der Waals surface area contributed by atoms with Crippen LogP contribution in [0.4, 0.5) is 30.5 Å². The van der Waals surface area contributed by atoms with Crippen LogP contribution in [0.15, 0.2) is 35.4 Å². The van der Waals surface area contributed by atoms with Crippen molar-refractivity contribution in [3.8, 4) is 10.6 Å². The van der Waals surface area contributed by atoms with E-state index >= 15 is 0 Å². The van der Waals surface area contributed by atoms with Gasteiger partial charge in [-0.3, -0.25) is 4.79 Å². The number of carbonyl (C=O) groups excluding carboxylic acids is 1. The molecule has 13 heteroatoms. The average molecular weight is 591 g/mol. The van der Waals surface area contributed by atoms with Crippen molar-refractivity contribution in [3.05, 3.63) is 46.5 Å². The van der Waals surface area contributed by atoms with Crippen LogP contribution in [-0.4, -0.2) is 77.5 Å². The summed E-state index contributed by atoms with van der Waals surface area (Å²) in [5.41, 5.74) is 1.72. The van der Waals surface area contributed by atoms with Crippen LogP contribution in [0.3, 0.4) is 0 Å². The van der Waals surface area contributed by atoms with E-state index in [1.165, 1.54) is 11.8 Å². The molecule has 0 spiro atoms. The predicted octanol–water partition coefficient (Wildman–Crippen LogP) is 4.79. The highest BCUT2D eigenvalue weighted by atomic mass is 32.2. The van der Waals surface area contributed by atoms with Gasteiger partial charge in [0, 0.05) is 67.5 Å². The number of aromatic nitrogens is 2. The highest BCUT2D eigenvalue weighted by Crippen LogP contribution is 2.46. The molecule has 3 aliphatic rings. The van der Waals surface area contributed by atoms with Gasteiger partial charge in [0.1, 0.15) is 10.4 Å². The first kappa shape index (κ1) is 27.3. The maximum absolute atomic E-state index is 14.0. The number of aliphatic hydroxyl groups excluding tert-OH is 1. The maximum Gasteiger partial charge on any atom is 0.420 e. The Balaban J connectivity index is 1.34. The summed E-state index contributed by atoms with van der Waals surface area (Å²) in [7, 11) is 1.70. The van der Waals surface area contributed by atoms with E-state index in [0.29, 0.717) is 34.5 Å². The number of hydrogen-bond acceptors (Lipinski definition) is 9. The molecule has 3 N–H and O–H groups in total. The molecule has 2 aromatic heterocycles. The van der Waals surface area contributed by atoms with Gasteiger partial charge >= 0.3 is 6.18 Å². The quantitative estimate of drug-likeness (QED) is 0.378. The van der Waals surface area contributed by atoms with E-state index in [-0.39, 0.29) is 35.1 Å². The van der Waals surface area contributed by atoms with Crippen molar-refractivity contribution < 1.29 is 23.1 Å². The highest BCUT2D eigenvalue weighted by Gasteiger charge is 2.37. The molecule has 8 nitrogen and oxygen atoms in total. The molecule has 1 aliphatic carbocycles. The predicted molar refractivity (Wildman–Crippen MR) is 151 cm³/mol. The fourth-order valence-corrected chi connectivity index (χ4v) is 7.48. The third-order valence-corrected chi connectivity index (χ3v) is 9.67. The maximum atomic E-state index is 14.0. The Morgan fingerprint density at radius 2 is 2.05 bits per heavy atom. The number of anilines is 3. The van der Waals surface area contributed by atoms with Gasteiger partial charge in [0.2, 0.25) is 5.95 Å². The first-order valence-corrected chi connectivity index (χ1v) is 15.0. The van der Waals surface area contributed by atoms with E-state index in [1.807, 2.05) is 12.1 Å². The lowest BCUT2D eigenvalue weighted by Gasteiger charge is -2.35. The minimum Gasteiger partial charge on any atom is -0.395 e. The lowest BCUT2D eigenvalue weighted by Crippen LogP contribution is -2.52. The molecule has 1 atom stereocenters. The number of carbonyl (C=O) groups is 1. The monoisotopic (exact) mass is 590 g/mol. The zero-order valence-electron chi connectivity index (χ0n) is 21.8. The largest absolute Gasteiger partial charge is 0.420 e. The Morgan fingerprint density at radius 1 is 1.23 bits per heavy atom. The molecule has 212 valence electrons. The van der Waals surface area contributed by atoms with E-state index in [2.05, 4.69) is 31.6 Å². The van der Waals surface area contributed by atoms with Crippen molar-refractivity contribution in [2.24, 2.45) is 0 Å². The lowest BCUT2D eigenvalue weighted by molar-refractivity contribution is -0.137. The van der Waals surface area contributed by atoms with Gasteiger partial charge in [-0.1, -0.05) is 0 Å². The summed E-state index contributed by atoms with van der Waals surface area (Å²) in [5, 5.41) is 16.1. The first-order valence-electron chi connectivity index (χ1n) is 13.2. The number of piperazine rings is 1. The summed E-state index contributed by atoms with van der Waals surface area (Å²) >= 11 is 2.50. The van der Waals surface area contributed by atoms with Gasteiger partial charge in [0.25, 0.3) is 5.91 Å². The summed E-state index contributed by atoms with van der Waals surface area (Å²) in [6, 6.07) is 7.68. The molecule has 2 aliphatic heterocycles. The number of aliphatic hydroxyl groups is 1. The second-order valence-electron chi connectivity index (χ2n) is 10.3. The molecule has 2 fully saturated rings. The number of amides is 1. The van der Waals surface area contributed by atoms with Gasteiger partial charge in [0.15, 0.2) is 0 Å². The number of benzene rings is 1. The zero-order chi connectivity index (χ0) is 28.0. The van der Waals surface area contributed by atoms with Crippen molar-refractivity contribution in [2.75, 3.05) is 55.8 Å². The summed E-state index contributed by atoms with van der Waals surface area (Å²) in [6.07, 6.45) is -1.75. The number of nitrogens with zero attached hydrogens (tertiary/aromatic N) is 4. The summed E-state index contributed by atoms with van der Waals surface area (Å²) in [4.78, 5) is 26.4. The van der Waals surface area contributed by atoms with E-state index in [0.717, 1.165) is 60.4 Å². The third-order valence-electron chi connectivity index (χ3n) is 7.39. The van der Waals surface area contributed by atoms with Gasteiger partial charge < -0.3 is 25.5 Å². The van der Waals surface area contributed by atoms with Crippen molar-refractivity contribution in [1.82, 2.24) is 20.2 Å². The minimum absolute atomic E-state index is 0.0104. The van der Waals surface area contributed by atoms with E-state index in [1.54, 1.807) is 18.0 Å². The molecular formula is C27H29F3N6O2S2. The van der Waals surface area contributed by atoms with Crippen molar-refractivity contribution in [1.29, 1.82) is 0 Å². The third kappa shape index (κ3) is 5.52. The lowest BCUT2D eigenvalue weighted by atomic mass is 10.1. The van der Waals surface area contributed by atoms with Crippen molar-refractivity contribution in [3.63, 3.8) is 0 Å². The number of alkyl halides is 3. The van der Waals surface area contributed by atoms with Crippen LogP contribution < -0.4 is 15.5 Å². The Bertz CT molecular complexity index is 1430. The normalized spacial score (nSPS) is 19.9. The average Bonchev–Trinajstić information content (AvgIpc) is 3.72. The number of nitrogens with one attached hydrogen (secondary N) is 2. The van der Waals surface area contributed by atoms with Gasteiger partial charge in [-0.15, -0.1) is 23.1 Å². The van der Waals surface area contributed by atoms with Crippen LogP contribution in [0, 0.1) is 0 Å². The number of hydrogen-bond donors (Lipinski definition) is 3. The first-order chi connectivity index (χ1) is 19.2. The molecule has 4 heterocycles. The molecule has 6 rings (SSSR count). The van der Waals surface area contributed by atoms with Gasteiger partial charge in [-0.25, -0.2) is 9.97 Å². The van der Waals surface area contributed by atoms with Crippen LogP contribution in [0.2, 0.25) is 0 Å². The van der Waals surface area contributed by atoms with Crippen molar-refractivity contribution >= 4 is 46.3 Å². The van der Waals surface area contributed by atoms with Gasteiger partial charge in [-0.05, 0) is 48.6 Å². The summed E-state index contributed by atoms with van der Waals surface area (Å²) in [5.74, 6) is 0.907. The standard InChI is InChI=1S/C27H29F3N6O2S2/c1-35-8-9-39-22-11-21(40-24(22)25(35)38)23-19(27(28,29)30)12-32-26(34-23)33-20-5-4-17(10-18(20)15-2-3-15)36-7-6-31-16(13-36)14-37/h4-5,10-12,15-16,31,37H,2-3,6-9,13-14H2,1H3,(H,32,33,34). The van der Waals surface area contributed by atoms with Crippen LogP contribution in [0.5, 0.6) is 0 Å². The minimum atomic E-state index is -4.65. The fourth-order valence-electron chi connectivity index (χ4n) is 5.05. The summed E-state index contributed by atoms with van der Waals surface area (Å²) in [6.45, 7) is 2.93. The highest BCUT2D eigenvalue weighted by molar-refractivity contribution is 7.99. The van der Waals surface area contributed by atoms with Crippen LogP contribution >= 0.6 is 23.1 Å². The summed E-state index contributed by atoms with van der Waals surface area (Å²) < 4.78 is 42.1. The molecule has 0 bridgehead atoms. The Labute approximate surface area is 238 Å². The number of thioether (sulfide) groups is 1. The molecule has 1 saturated carbocycles. The molecule has 0 radical (unpaired) electrons. The Morgan fingerprint density at radius 3 is 2.80 bits per heavy atom. The molecule has 40 heavy (non-hydrogen) atoms. The van der Waals surface area contributed by atoms with Gasteiger partial charge in [-0.2, -0.15) is 13.2 Å². The van der Waals surface area contributed by atoms with Crippen molar-refractivity contribution in [2.45, 2.75) is 35.9 Å². The second-order valence-corrected chi connectivity index (χ2v) is 12.5. The fraction of sp³-hybridized carbons (Fsp3) is 0.444.